The smallest absolute Gasteiger partial charge is 0.303 e. The van der Waals surface area contributed by atoms with Gasteiger partial charge in [-0.1, -0.05) is 12.1 Å². The van der Waals surface area contributed by atoms with Gasteiger partial charge in [-0.3, -0.25) is 4.79 Å². The molecule has 0 saturated carbocycles. The number of aliphatic carboxylic acids is 1. The molecule has 0 aliphatic rings. The maximum Gasteiger partial charge on any atom is 0.303 e. The lowest BCUT2D eigenvalue weighted by molar-refractivity contribution is -0.136. The normalized spacial score (nSPS) is 10.6. The van der Waals surface area contributed by atoms with E-state index in [2.05, 4.69) is 9.97 Å². The van der Waals surface area contributed by atoms with Crippen molar-refractivity contribution < 1.29 is 14.3 Å². The van der Waals surface area contributed by atoms with Gasteiger partial charge in [-0.25, -0.2) is 14.4 Å². The number of halogens is 1. The Labute approximate surface area is 90.8 Å². The molecule has 16 heavy (non-hydrogen) atoms. The van der Waals surface area contributed by atoms with Gasteiger partial charge in [-0.2, -0.15) is 0 Å². The standard InChI is InChI=1S/C11H9FN2O2/c12-8-3-1-2-7-9(4-5-10(15)16)13-6-14-11(7)8/h1-3,6H,4-5H2,(H,15,16). The molecule has 2 aromatic rings. The fourth-order valence-corrected chi connectivity index (χ4v) is 1.53. The number of rotatable bonds is 3. The molecule has 0 radical (unpaired) electrons. The molecule has 0 atom stereocenters. The summed E-state index contributed by atoms with van der Waals surface area (Å²) >= 11 is 0. The fraction of sp³-hybridized carbons (Fsp3) is 0.182. The monoisotopic (exact) mass is 220 g/mol. The van der Waals surface area contributed by atoms with E-state index in [4.69, 9.17) is 5.11 Å². The van der Waals surface area contributed by atoms with E-state index in [1.165, 1.54) is 12.4 Å². The van der Waals surface area contributed by atoms with Crippen LogP contribution in [-0.4, -0.2) is 21.0 Å². The van der Waals surface area contributed by atoms with Gasteiger partial charge in [0.2, 0.25) is 0 Å². The van der Waals surface area contributed by atoms with Crippen molar-refractivity contribution in [1.29, 1.82) is 0 Å². The Hall–Kier alpha value is -2.04. The molecule has 0 saturated heterocycles. The van der Waals surface area contributed by atoms with Crippen LogP contribution in [0.2, 0.25) is 0 Å². The summed E-state index contributed by atoms with van der Waals surface area (Å²) in [5.74, 6) is -1.32. The van der Waals surface area contributed by atoms with Crippen LogP contribution in [0.1, 0.15) is 12.1 Å². The van der Waals surface area contributed by atoms with Crippen LogP contribution in [0, 0.1) is 5.82 Å². The van der Waals surface area contributed by atoms with Crippen molar-refractivity contribution >= 4 is 16.9 Å². The topological polar surface area (TPSA) is 63.1 Å². The van der Waals surface area contributed by atoms with E-state index in [0.717, 1.165) is 0 Å². The summed E-state index contributed by atoms with van der Waals surface area (Å²) in [7, 11) is 0. The van der Waals surface area contributed by atoms with Gasteiger partial charge in [-0.05, 0) is 6.07 Å². The molecule has 0 spiro atoms. The number of para-hydroxylation sites is 1. The van der Waals surface area contributed by atoms with E-state index < -0.39 is 11.8 Å². The number of benzene rings is 1. The number of carboxylic acids is 1. The molecule has 1 aromatic heterocycles. The van der Waals surface area contributed by atoms with Gasteiger partial charge in [-0.15, -0.1) is 0 Å². The van der Waals surface area contributed by atoms with Crippen LogP contribution in [0.25, 0.3) is 10.9 Å². The molecule has 5 heteroatoms. The van der Waals surface area contributed by atoms with Gasteiger partial charge in [0.25, 0.3) is 0 Å². The predicted molar refractivity (Wildman–Crippen MR) is 55.5 cm³/mol. The zero-order chi connectivity index (χ0) is 11.5. The van der Waals surface area contributed by atoms with E-state index in [1.807, 2.05) is 0 Å². The van der Waals surface area contributed by atoms with Crippen LogP contribution in [0.5, 0.6) is 0 Å². The molecule has 1 heterocycles. The van der Waals surface area contributed by atoms with Crippen molar-refractivity contribution in [1.82, 2.24) is 9.97 Å². The summed E-state index contributed by atoms with van der Waals surface area (Å²) in [6.07, 6.45) is 1.50. The van der Waals surface area contributed by atoms with E-state index in [1.54, 1.807) is 12.1 Å². The Morgan fingerprint density at radius 2 is 2.19 bits per heavy atom. The van der Waals surface area contributed by atoms with Gasteiger partial charge >= 0.3 is 5.97 Å². The summed E-state index contributed by atoms with van der Waals surface area (Å²) < 4.78 is 13.4. The van der Waals surface area contributed by atoms with Crippen LogP contribution in [-0.2, 0) is 11.2 Å². The maximum absolute atomic E-state index is 13.4. The minimum atomic E-state index is -0.900. The first kappa shape index (κ1) is 10.5. The third-order valence-corrected chi connectivity index (χ3v) is 2.27. The Balaban J connectivity index is 2.45. The molecule has 0 fully saturated rings. The lowest BCUT2D eigenvalue weighted by Gasteiger charge is -2.03. The molecule has 0 aliphatic carbocycles. The molecule has 4 nitrogen and oxygen atoms in total. The minimum Gasteiger partial charge on any atom is -0.481 e. The molecule has 82 valence electrons. The van der Waals surface area contributed by atoms with E-state index in [9.17, 15) is 9.18 Å². The van der Waals surface area contributed by atoms with Crippen molar-refractivity contribution in [2.45, 2.75) is 12.8 Å². The molecule has 2 rings (SSSR count). The first-order valence-corrected chi connectivity index (χ1v) is 4.78. The first-order valence-electron chi connectivity index (χ1n) is 4.78. The third-order valence-electron chi connectivity index (χ3n) is 2.27. The maximum atomic E-state index is 13.4. The molecule has 0 aliphatic heterocycles. The van der Waals surface area contributed by atoms with E-state index in [0.29, 0.717) is 11.1 Å². The second-order valence-corrected chi connectivity index (χ2v) is 3.35. The summed E-state index contributed by atoms with van der Waals surface area (Å²) in [6, 6.07) is 4.57. The Morgan fingerprint density at radius 3 is 2.94 bits per heavy atom. The number of aromatic nitrogens is 2. The number of fused-ring (bicyclic) bond motifs is 1. The average Bonchev–Trinajstić information content (AvgIpc) is 2.27. The van der Waals surface area contributed by atoms with Gasteiger partial charge in [0, 0.05) is 11.8 Å². The number of nitrogens with zero attached hydrogens (tertiary/aromatic N) is 2. The highest BCUT2D eigenvalue weighted by atomic mass is 19.1. The number of carboxylic acid groups (broad SMARTS) is 1. The van der Waals surface area contributed by atoms with Gasteiger partial charge in [0.1, 0.15) is 17.7 Å². The minimum absolute atomic E-state index is 0.0252. The summed E-state index contributed by atoms with van der Waals surface area (Å²) in [5.41, 5.74) is 0.796. The first-order chi connectivity index (χ1) is 7.68. The quantitative estimate of drug-likeness (QED) is 0.856. The molecule has 0 amide bonds. The number of aryl methyl sites for hydroxylation is 1. The molecular formula is C11H9FN2O2. The zero-order valence-electron chi connectivity index (χ0n) is 8.35. The van der Waals surface area contributed by atoms with Crippen molar-refractivity contribution in [2.24, 2.45) is 0 Å². The SMILES string of the molecule is O=C(O)CCc1ncnc2c(F)cccc12. The highest BCUT2D eigenvalue weighted by Crippen LogP contribution is 2.18. The largest absolute Gasteiger partial charge is 0.481 e. The highest BCUT2D eigenvalue weighted by Gasteiger charge is 2.08. The van der Waals surface area contributed by atoms with Gasteiger partial charge in [0.05, 0.1) is 12.1 Å². The molecule has 0 bridgehead atoms. The number of hydrogen-bond donors (Lipinski definition) is 1. The van der Waals surface area contributed by atoms with E-state index in [-0.39, 0.29) is 18.4 Å². The van der Waals surface area contributed by atoms with Gasteiger partial charge in [0.15, 0.2) is 0 Å². The van der Waals surface area contributed by atoms with Crippen molar-refractivity contribution in [3.63, 3.8) is 0 Å². The number of carbonyl (C=O) groups is 1. The Bertz CT molecular complexity index is 542. The lowest BCUT2D eigenvalue weighted by atomic mass is 10.1. The molecule has 1 N–H and O–H groups in total. The lowest BCUT2D eigenvalue weighted by Crippen LogP contribution is -2.01. The molecule has 1 aromatic carbocycles. The second-order valence-electron chi connectivity index (χ2n) is 3.35. The van der Waals surface area contributed by atoms with Crippen molar-refractivity contribution in [3.8, 4) is 0 Å². The Kier molecular flexibility index (Phi) is 2.76. The van der Waals surface area contributed by atoms with Gasteiger partial charge < -0.3 is 5.11 Å². The predicted octanol–water partition coefficient (Wildman–Crippen LogP) is 1.79. The third kappa shape index (κ3) is 1.98. The van der Waals surface area contributed by atoms with Crippen LogP contribution in [0.3, 0.4) is 0 Å². The molecule has 0 unspecified atom stereocenters. The zero-order valence-corrected chi connectivity index (χ0v) is 8.35. The average molecular weight is 220 g/mol. The highest BCUT2D eigenvalue weighted by molar-refractivity contribution is 5.81. The summed E-state index contributed by atoms with van der Waals surface area (Å²) in [5, 5.41) is 9.16. The fourth-order valence-electron chi connectivity index (χ4n) is 1.53. The van der Waals surface area contributed by atoms with Crippen molar-refractivity contribution in [3.05, 3.63) is 36.0 Å². The summed E-state index contributed by atoms with van der Waals surface area (Å²) in [4.78, 5) is 18.3. The Morgan fingerprint density at radius 1 is 1.38 bits per heavy atom. The second kappa shape index (κ2) is 4.22. The summed E-state index contributed by atoms with van der Waals surface area (Å²) in [6.45, 7) is 0. The van der Waals surface area contributed by atoms with Crippen LogP contribution >= 0.6 is 0 Å². The van der Waals surface area contributed by atoms with Crippen LogP contribution in [0.15, 0.2) is 24.5 Å². The van der Waals surface area contributed by atoms with Crippen LogP contribution in [0.4, 0.5) is 4.39 Å². The van der Waals surface area contributed by atoms with Crippen LogP contribution < -0.4 is 0 Å². The number of hydrogen-bond acceptors (Lipinski definition) is 3. The molecular weight excluding hydrogens is 211 g/mol. The van der Waals surface area contributed by atoms with Crippen molar-refractivity contribution in [2.75, 3.05) is 0 Å². The van der Waals surface area contributed by atoms with E-state index >= 15 is 0 Å².